The predicted octanol–water partition coefficient (Wildman–Crippen LogP) is 1.98. The lowest BCUT2D eigenvalue weighted by molar-refractivity contribution is 0.264. The number of aliphatic hydroxyl groups is 1. The van der Waals surface area contributed by atoms with E-state index >= 15 is 0 Å². The zero-order chi connectivity index (χ0) is 9.68. The van der Waals surface area contributed by atoms with Gasteiger partial charge in [0.1, 0.15) is 0 Å². The summed E-state index contributed by atoms with van der Waals surface area (Å²) < 4.78 is 0. The first-order valence-electron chi connectivity index (χ1n) is 5.34. The first kappa shape index (κ1) is 10.7. The van der Waals surface area contributed by atoms with Gasteiger partial charge in [-0.2, -0.15) is 0 Å². The summed E-state index contributed by atoms with van der Waals surface area (Å²) in [5.74, 6) is 0. The summed E-state index contributed by atoms with van der Waals surface area (Å²) in [7, 11) is 0. The Bertz CT molecular complexity index is 187. The van der Waals surface area contributed by atoms with E-state index in [1.807, 2.05) is 0 Å². The van der Waals surface area contributed by atoms with E-state index in [-0.39, 0.29) is 12.6 Å². The van der Waals surface area contributed by atoms with E-state index in [9.17, 15) is 0 Å². The molecule has 1 aliphatic rings. The average molecular weight is 183 g/mol. The van der Waals surface area contributed by atoms with Crippen molar-refractivity contribution in [2.24, 2.45) is 5.73 Å². The molecule has 0 amide bonds. The number of rotatable bonds is 4. The SMILES string of the molecule is CCC1=C(CC(N)CO)CCCC1. The van der Waals surface area contributed by atoms with Crippen LogP contribution in [0.5, 0.6) is 0 Å². The molecule has 2 heteroatoms. The molecule has 0 aromatic rings. The van der Waals surface area contributed by atoms with Gasteiger partial charge in [-0.25, -0.2) is 0 Å². The van der Waals surface area contributed by atoms with Crippen LogP contribution in [0.4, 0.5) is 0 Å². The van der Waals surface area contributed by atoms with Gasteiger partial charge in [0, 0.05) is 6.04 Å². The van der Waals surface area contributed by atoms with Crippen LogP contribution in [0, 0.1) is 0 Å². The standard InChI is InChI=1S/C11H21NO/c1-2-9-5-3-4-6-10(9)7-11(12)8-13/h11,13H,2-8,12H2,1H3. The summed E-state index contributed by atoms with van der Waals surface area (Å²) in [6.07, 6.45) is 7.16. The molecule has 0 aliphatic heterocycles. The smallest absolute Gasteiger partial charge is 0.0585 e. The zero-order valence-electron chi connectivity index (χ0n) is 8.55. The number of allylic oxidation sites excluding steroid dienone is 1. The second-order valence-electron chi connectivity index (χ2n) is 3.91. The lowest BCUT2D eigenvalue weighted by Gasteiger charge is -2.21. The number of nitrogens with two attached hydrogens (primary N) is 1. The van der Waals surface area contributed by atoms with Crippen molar-refractivity contribution in [3.05, 3.63) is 11.1 Å². The average Bonchev–Trinajstić information content (AvgIpc) is 2.18. The van der Waals surface area contributed by atoms with Gasteiger partial charge in [0.25, 0.3) is 0 Å². The quantitative estimate of drug-likeness (QED) is 0.655. The first-order chi connectivity index (χ1) is 6.27. The minimum Gasteiger partial charge on any atom is -0.395 e. The molecule has 0 aromatic carbocycles. The van der Waals surface area contributed by atoms with E-state index in [1.54, 1.807) is 5.57 Å². The maximum atomic E-state index is 8.88. The Morgan fingerprint density at radius 1 is 1.31 bits per heavy atom. The topological polar surface area (TPSA) is 46.2 Å². The minimum atomic E-state index is -0.0466. The van der Waals surface area contributed by atoms with Gasteiger partial charge in [0.2, 0.25) is 0 Å². The molecule has 1 unspecified atom stereocenters. The van der Waals surface area contributed by atoms with E-state index in [2.05, 4.69) is 6.92 Å². The number of hydrogen-bond acceptors (Lipinski definition) is 2. The lowest BCUT2D eigenvalue weighted by Crippen LogP contribution is -2.25. The molecule has 0 spiro atoms. The van der Waals surface area contributed by atoms with Crippen LogP contribution in [-0.2, 0) is 0 Å². The van der Waals surface area contributed by atoms with E-state index in [0.717, 1.165) is 12.8 Å². The molecule has 0 aromatic heterocycles. The van der Waals surface area contributed by atoms with Crippen molar-refractivity contribution in [1.29, 1.82) is 0 Å². The van der Waals surface area contributed by atoms with Crippen LogP contribution in [0.3, 0.4) is 0 Å². The molecule has 0 heterocycles. The molecule has 1 atom stereocenters. The van der Waals surface area contributed by atoms with E-state index in [4.69, 9.17) is 10.8 Å². The highest BCUT2D eigenvalue weighted by Gasteiger charge is 2.13. The summed E-state index contributed by atoms with van der Waals surface area (Å²) in [6.45, 7) is 2.33. The molecule has 0 fully saturated rings. The van der Waals surface area contributed by atoms with Crippen molar-refractivity contribution in [2.45, 2.75) is 51.5 Å². The van der Waals surface area contributed by atoms with Crippen LogP contribution in [0.25, 0.3) is 0 Å². The summed E-state index contributed by atoms with van der Waals surface area (Å²) in [4.78, 5) is 0. The fourth-order valence-corrected chi connectivity index (χ4v) is 2.08. The predicted molar refractivity (Wildman–Crippen MR) is 55.5 cm³/mol. The molecule has 1 aliphatic carbocycles. The lowest BCUT2D eigenvalue weighted by atomic mass is 9.87. The van der Waals surface area contributed by atoms with Crippen molar-refractivity contribution >= 4 is 0 Å². The second kappa shape index (κ2) is 5.40. The molecule has 1 rings (SSSR count). The van der Waals surface area contributed by atoms with Crippen LogP contribution in [-0.4, -0.2) is 17.8 Å². The summed E-state index contributed by atoms with van der Waals surface area (Å²) >= 11 is 0. The molecule has 3 N–H and O–H groups in total. The van der Waals surface area contributed by atoms with Crippen molar-refractivity contribution in [3.8, 4) is 0 Å². The van der Waals surface area contributed by atoms with Crippen molar-refractivity contribution < 1.29 is 5.11 Å². The molecule has 13 heavy (non-hydrogen) atoms. The van der Waals surface area contributed by atoms with Crippen molar-refractivity contribution in [3.63, 3.8) is 0 Å². The van der Waals surface area contributed by atoms with Crippen LogP contribution < -0.4 is 5.73 Å². The van der Waals surface area contributed by atoms with Gasteiger partial charge < -0.3 is 10.8 Å². The fraction of sp³-hybridized carbons (Fsp3) is 0.818. The maximum Gasteiger partial charge on any atom is 0.0585 e. The third kappa shape index (κ3) is 3.12. The highest BCUT2D eigenvalue weighted by Crippen LogP contribution is 2.29. The third-order valence-corrected chi connectivity index (χ3v) is 2.88. The van der Waals surface area contributed by atoms with Crippen LogP contribution in [0.2, 0.25) is 0 Å². The Morgan fingerprint density at radius 3 is 2.46 bits per heavy atom. The summed E-state index contributed by atoms with van der Waals surface area (Å²) in [6, 6.07) is -0.0466. The van der Waals surface area contributed by atoms with Gasteiger partial charge in [-0.3, -0.25) is 0 Å². The Labute approximate surface area is 80.8 Å². The number of aliphatic hydroxyl groups excluding tert-OH is 1. The Kier molecular flexibility index (Phi) is 4.46. The molecular weight excluding hydrogens is 162 g/mol. The highest BCUT2D eigenvalue weighted by molar-refractivity contribution is 5.17. The normalized spacial score (nSPS) is 20.5. The van der Waals surface area contributed by atoms with Gasteiger partial charge in [0.15, 0.2) is 0 Å². The molecule has 76 valence electrons. The Hall–Kier alpha value is -0.340. The first-order valence-corrected chi connectivity index (χ1v) is 5.34. The molecule has 0 saturated carbocycles. The second-order valence-corrected chi connectivity index (χ2v) is 3.91. The monoisotopic (exact) mass is 183 g/mol. The summed E-state index contributed by atoms with van der Waals surface area (Å²) in [5, 5.41) is 8.88. The summed E-state index contributed by atoms with van der Waals surface area (Å²) in [5.41, 5.74) is 8.85. The molecular formula is C11H21NO. The van der Waals surface area contributed by atoms with E-state index in [1.165, 1.54) is 31.3 Å². The van der Waals surface area contributed by atoms with E-state index in [0.29, 0.717) is 0 Å². The molecule has 0 radical (unpaired) electrons. The zero-order valence-corrected chi connectivity index (χ0v) is 8.55. The fourth-order valence-electron chi connectivity index (χ4n) is 2.08. The van der Waals surface area contributed by atoms with Gasteiger partial charge in [-0.05, 0) is 38.5 Å². The van der Waals surface area contributed by atoms with Crippen molar-refractivity contribution in [1.82, 2.24) is 0 Å². The van der Waals surface area contributed by atoms with Gasteiger partial charge in [0.05, 0.1) is 6.61 Å². The van der Waals surface area contributed by atoms with E-state index < -0.39 is 0 Å². The van der Waals surface area contributed by atoms with Gasteiger partial charge in [-0.15, -0.1) is 0 Å². The Balaban J connectivity index is 2.56. The van der Waals surface area contributed by atoms with Gasteiger partial charge in [-0.1, -0.05) is 18.1 Å². The van der Waals surface area contributed by atoms with Crippen LogP contribution >= 0.6 is 0 Å². The molecule has 0 saturated heterocycles. The molecule has 2 nitrogen and oxygen atoms in total. The third-order valence-electron chi connectivity index (χ3n) is 2.88. The minimum absolute atomic E-state index is 0.0466. The van der Waals surface area contributed by atoms with Gasteiger partial charge >= 0.3 is 0 Å². The largest absolute Gasteiger partial charge is 0.395 e. The Morgan fingerprint density at radius 2 is 1.92 bits per heavy atom. The van der Waals surface area contributed by atoms with Crippen LogP contribution in [0.1, 0.15) is 45.4 Å². The van der Waals surface area contributed by atoms with Crippen LogP contribution in [0.15, 0.2) is 11.1 Å². The van der Waals surface area contributed by atoms with Crippen molar-refractivity contribution in [2.75, 3.05) is 6.61 Å². The highest BCUT2D eigenvalue weighted by atomic mass is 16.3. The molecule has 0 bridgehead atoms. The number of hydrogen-bond donors (Lipinski definition) is 2. The maximum absolute atomic E-state index is 8.88.